The summed E-state index contributed by atoms with van der Waals surface area (Å²) in [6, 6.07) is 38.7. The van der Waals surface area contributed by atoms with Gasteiger partial charge in [0, 0.05) is 11.5 Å². The van der Waals surface area contributed by atoms with Crippen molar-refractivity contribution in [2.24, 2.45) is 10.9 Å². The normalized spacial score (nSPS) is 18.0. The second kappa shape index (κ2) is 8.34. The number of aliphatic imine (C=N–C) groups is 1. The summed E-state index contributed by atoms with van der Waals surface area (Å²) in [6.07, 6.45) is 0. The molecule has 0 amide bonds. The highest BCUT2D eigenvalue weighted by atomic mass is 14.8. The molecule has 0 aliphatic carbocycles. The monoisotopic (exact) mass is 409 g/mol. The van der Waals surface area contributed by atoms with E-state index < -0.39 is 11.8 Å². The molecule has 4 aromatic carbocycles. The van der Waals surface area contributed by atoms with Gasteiger partial charge in [-0.25, -0.2) is 4.99 Å². The lowest BCUT2D eigenvalue weighted by molar-refractivity contribution is 0.723. The molecule has 1 aliphatic heterocycles. The number of allylic oxidation sites excluding steroid dienone is 1. The molecular formula is C29H19N3. The fourth-order valence-electron chi connectivity index (χ4n) is 4.41. The van der Waals surface area contributed by atoms with E-state index in [1.165, 1.54) is 0 Å². The minimum Gasteiger partial charge on any atom is -0.250 e. The van der Waals surface area contributed by atoms with Crippen LogP contribution in [0.3, 0.4) is 0 Å². The molecule has 150 valence electrons. The van der Waals surface area contributed by atoms with Gasteiger partial charge in [0.15, 0.2) is 0 Å². The molecule has 1 unspecified atom stereocenters. The van der Waals surface area contributed by atoms with Crippen molar-refractivity contribution in [3.8, 4) is 12.1 Å². The zero-order valence-electron chi connectivity index (χ0n) is 17.3. The summed E-state index contributed by atoms with van der Waals surface area (Å²) < 4.78 is 0. The van der Waals surface area contributed by atoms with Gasteiger partial charge in [0.25, 0.3) is 0 Å². The van der Waals surface area contributed by atoms with Crippen molar-refractivity contribution in [2.75, 3.05) is 0 Å². The average Bonchev–Trinajstić information content (AvgIpc) is 2.88. The SMILES string of the molecule is N#CC1=C(c2ccccc2)N=C(c2ccccc2)C(C#N)[C@@H]1c1ccc2ccccc2c1. The fraction of sp³-hybridized carbons (Fsp3) is 0.0690. The molecule has 5 rings (SSSR count). The molecule has 0 saturated carbocycles. The Kier molecular flexibility index (Phi) is 5.08. The maximum Gasteiger partial charge on any atom is 0.101 e. The lowest BCUT2D eigenvalue weighted by Crippen LogP contribution is -2.27. The molecule has 3 heteroatoms. The number of nitrogens with zero attached hydrogens (tertiary/aromatic N) is 3. The van der Waals surface area contributed by atoms with Gasteiger partial charge in [-0.05, 0) is 21.9 Å². The zero-order valence-corrected chi connectivity index (χ0v) is 17.3. The lowest BCUT2D eigenvalue weighted by atomic mass is 9.74. The third-order valence-electron chi connectivity index (χ3n) is 5.94. The zero-order chi connectivity index (χ0) is 21.9. The van der Waals surface area contributed by atoms with Crippen molar-refractivity contribution < 1.29 is 0 Å². The van der Waals surface area contributed by atoms with E-state index in [4.69, 9.17) is 4.99 Å². The summed E-state index contributed by atoms with van der Waals surface area (Å²) in [5, 5.41) is 22.7. The summed E-state index contributed by atoms with van der Waals surface area (Å²) in [5.74, 6) is -0.974. The van der Waals surface area contributed by atoms with Crippen LogP contribution in [0.4, 0.5) is 0 Å². The standard InChI is InChI=1S/C29H19N3/c30-18-25-27(24-16-15-20-9-7-8-14-23(20)17-24)26(19-31)29(22-12-5-2-6-13-22)32-28(25)21-10-3-1-4-11-21/h1-17,25,27H/t25?,27-/m0/s1. The number of rotatable bonds is 3. The number of nitriles is 2. The second-order valence-electron chi connectivity index (χ2n) is 7.79. The molecular weight excluding hydrogens is 390 g/mol. The van der Waals surface area contributed by atoms with Crippen molar-refractivity contribution in [2.45, 2.75) is 5.92 Å². The Morgan fingerprint density at radius 2 is 1.28 bits per heavy atom. The molecule has 3 nitrogen and oxygen atoms in total. The van der Waals surface area contributed by atoms with Crippen LogP contribution in [0.2, 0.25) is 0 Å². The van der Waals surface area contributed by atoms with Crippen LogP contribution in [0, 0.1) is 28.6 Å². The van der Waals surface area contributed by atoms with Crippen molar-refractivity contribution >= 4 is 22.2 Å². The molecule has 1 heterocycles. The number of hydrogen-bond acceptors (Lipinski definition) is 3. The molecule has 4 aromatic rings. The summed E-state index contributed by atoms with van der Waals surface area (Å²) in [4.78, 5) is 4.92. The van der Waals surface area contributed by atoms with E-state index >= 15 is 0 Å². The number of benzene rings is 4. The van der Waals surface area contributed by atoms with Crippen molar-refractivity contribution in [1.29, 1.82) is 10.5 Å². The van der Waals surface area contributed by atoms with E-state index in [0.717, 1.165) is 27.5 Å². The Balaban J connectivity index is 1.78. The first-order chi connectivity index (χ1) is 15.8. The van der Waals surface area contributed by atoms with E-state index in [1.807, 2.05) is 78.9 Å². The van der Waals surface area contributed by atoms with Crippen LogP contribution >= 0.6 is 0 Å². The third kappa shape index (κ3) is 3.37. The van der Waals surface area contributed by atoms with E-state index in [2.05, 4.69) is 36.4 Å². The summed E-state index contributed by atoms with van der Waals surface area (Å²) in [5.41, 5.74) is 4.58. The Morgan fingerprint density at radius 1 is 0.656 bits per heavy atom. The molecule has 0 bridgehead atoms. The summed E-state index contributed by atoms with van der Waals surface area (Å²) in [6.45, 7) is 0. The Labute approximate surface area is 187 Å². The molecule has 0 N–H and O–H groups in total. The molecule has 2 atom stereocenters. The molecule has 0 spiro atoms. The lowest BCUT2D eigenvalue weighted by Gasteiger charge is -2.29. The van der Waals surface area contributed by atoms with Crippen molar-refractivity contribution in [3.63, 3.8) is 0 Å². The highest BCUT2D eigenvalue weighted by molar-refractivity contribution is 6.09. The van der Waals surface area contributed by atoms with Crippen molar-refractivity contribution in [1.82, 2.24) is 0 Å². The van der Waals surface area contributed by atoms with E-state index in [-0.39, 0.29) is 0 Å². The van der Waals surface area contributed by atoms with Gasteiger partial charge in [-0.3, -0.25) is 0 Å². The van der Waals surface area contributed by atoms with Gasteiger partial charge in [0.2, 0.25) is 0 Å². The van der Waals surface area contributed by atoms with Gasteiger partial charge in [-0.2, -0.15) is 10.5 Å². The molecule has 0 saturated heterocycles. The smallest absolute Gasteiger partial charge is 0.101 e. The number of hydrogen-bond donors (Lipinski definition) is 0. The summed E-state index contributed by atoms with van der Waals surface area (Å²) >= 11 is 0. The van der Waals surface area contributed by atoms with Gasteiger partial charge in [0.05, 0.1) is 29.1 Å². The molecule has 0 fully saturated rings. The van der Waals surface area contributed by atoms with Crippen LogP contribution in [-0.2, 0) is 0 Å². The van der Waals surface area contributed by atoms with E-state index in [1.54, 1.807) is 0 Å². The molecule has 0 radical (unpaired) electrons. The summed E-state index contributed by atoms with van der Waals surface area (Å²) in [7, 11) is 0. The maximum absolute atomic E-state index is 10.3. The van der Waals surface area contributed by atoms with E-state index in [0.29, 0.717) is 17.0 Å². The fourth-order valence-corrected chi connectivity index (χ4v) is 4.41. The first-order valence-electron chi connectivity index (χ1n) is 10.5. The minimum absolute atomic E-state index is 0.405. The Hall–Kier alpha value is -4.47. The minimum atomic E-state index is -0.569. The first kappa shape index (κ1) is 19.5. The highest BCUT2D eigenvalue weighted by Crippen LogP contribution is 2.43. The maximum atomic E-state index is 10.3. The largest absolute Gasteiger partial charge is 0.250 e. The molecule has 1 aliphatic rings. The van der Waals surface area contributed by atoms with Gasteiger partial charge in [0.1, 0.15) is 5.92 Å². The number of fused-ring (bicyclic) bond motifs is 1. The van der Waals surface area contributed by atoms with Gasteiger partial charge >= 0.3 is 0 Å². The van der Waals surface area contributed by atoms with Gasteiger partial charge in [-0.1, -0.05) is 103 Å². The third-order valence-corrected chi connectivity index (χ3v) is 5.94. The van der Waals surface area contributed by atoms with Crippen LogP contribution in [-0.4, -0.2) is 5.71 Å². The van der Waals surface area contributed by atoms with Gasteiger partial charge < -0.3 is 0 Å². The first-order valence-corrected chi connectivity index (χ1v) is 10.5. The van der Waals surface area contributed by atoms with Crippen LogP contribution < -0.4 is 0 Å². The van der Waals surface area contributed by atoms with Gasteiger partial charge in [-0.15, -0.1) is 0 Å². The topological polar surface area (TPSA) is 59.9 Å². The molecule has 32 heavy (non-hydrogen) atoms. The quantitative estimate of drug-likeness (QED) is 0.388. The predicted octanol–water partition coefficient (Wildman–Crippen LogP) is 6.50. The molecule has 0 aromatic heterocycles. The van der Waals surface area contributed by atoms with Crippen LogP contribution in [0.5, 0.6) is 0 Å². The van der Waals surface area contributed by atoms with Crippen LogP contribution in [0.1, 0.15) is 22.6 Å². The second-order valence-corrected chi connectivity index (χ2v) is 7.79. The highest BCUT2D eigenvalue weighted by Gasteiger charge is 2.37. The Bertz CT molecular complexity index is 1430. The average molecular weight is 409 g/mol. The van der Waals surface area contributed by atoms with Crippen molar-refractivity contribution in [3.05, 3.63) is 125 Å². The van der Waals surface area contributed by atoms with Crippen LogP contribution in [0.25, 0.3) is 16.5 Å². The van der Waals surface area contributed by atoms with Crippen LogP contribution in [0.15, 0.2) is 114 Å². The Morgan fingerprint density at radius 3 is 1.94 bits per heavy atom. The van der Waals surface area contributed by atoms with E-state index in [9.17, 15) is 10.5 Å². The predicted molar refractivity (Wildman–Crippen MR) is 128 cm³/mol.